The van der Waals surface area contributed by atoms with E-state index in [0.29, 0.717) is 11.8 Å². The van der Waals surface area contributed by atoms with Crippen molar-refractivity contribution < 1.29 is 4.79 Å². The minimum Gasteiger partial charge on any atom is -0.338 e. The lowest BCUT2D eigenvalue weighted by Crippen LogP contribution is -2.39. The normalized spacial score (nSPS) is 20.9. The molecule has 2 aromatic rings. The van der Waals surface area contributed by atoms with Crippen LogP contribution in [0.4, 0.5) is 0 Å². The fourth-order valence-corrected chi connectivity index (χ4v) is 3.66. The Morgan fingerprint density at radius 3 is 2.62 bits per heavy atom. The Morgan fingerprint density at radius 2 is 1.88 bits per heavy atom. The van der Waals surface area contributed by atoms with Crippen LogP contribution in [0.5, 0.6) is 0 Å². The van der Waals surface area contributed by atoms with E-state index in [1.165, 1.54) is 18.4 Å². The van der Waals surface area contributed by atoms with E-state index in [9.17, 15) is 4.79 Å². The van der Waals surface area contributed by atoms with Crippen molar-refractivity contribution in [3.05, 3.63) is 64.4 Å². The minimum absolute atomic E-state index is 0.137. The topological polar surface area (TPSA) is 33.2 Å². The molecule has 1 aromatic heterocycles. The second kappa shape index (κ2) is 6.56. The molecular formula is C20H21ClN2O. The molecule has 124 valence electrons. The zero-order chi connectivity index (χ0) is 16.5. The molecule has 1 saturated carbocycles. The van der Waals surface area contributed by atoms with Crippen LogP contribution in [-0.4, -0.2) is 28.9 Å². The van der Waals surface area contributed by atoms with Crippen molar-refractivity contribution in [1.82, 2.24) is 9.88 Å². The van der Waals surface area contributed by atoms with E-state index in [1.54, 1.807) is 6.20 Å². The van der Waals surface area contributed by atoms with Crippen molar-refractivity contribution in [3.63, 3.8) is 0 Å². The highest BCUT2D eigenvalue weighted by atomic mass is 35.5. The van der Waals surface area contributed by atoms with Gasteiger partial charge in [-0.15, -0.1) is 0 Å². The van der Waals surface area contributed by atoms with Crippen molar-refractivity contribution >= 4 is 17.5 Å². The van der Waals surface area contributed by atoms with Crippen LogP contribution in [0.25, 0.3) is 0 Å². The Labute approximate surface area is 147 Å². The average Bonchev–Trinajstić information content (AvgIpc) is 3.47. The monoisotopic (exact) mass is 340 g/mol. The Hall–Kier alpha value is -1.87. The number of carbonyl (C=O) groups is 1. The fourth-order valence-electron chi connectivity index (χ4n) is 3.53. The molecular weight excluding hydrogens is 320 g/mol. The molecule has 0 unspecified atom stereocenters. The molecule has 2 fully saturated rings. The van der Waals surface area contributed by atoms with Gasteiger partial charge < -0.3 is 4.90 Å². The number of rotatable bonds is 3. The van der Waals surface area contributed by atoms with Gasteiger partial charge in [-0.3, -0.25) is 9.78 Å². The zero-order valence-corrected chi connectivity index (χ0v) is 14.4. The number of nitrogens with zero attached hydrogens (tertiary/aromatic N) is 2. The number of hydrogen-bond acceptors (Lipinski definition) is 2. The maximum atomic E-state index is 12.9. The summed E-state index contributed by atoms with van der Waals surface area (Å²) in [6.07, 6.45) is 6.34. The van der Waals surface area contributed by atoms with E-state index < -0.39 is 0 Å². The van der Waals surface area contributed by atoms with Crippen molar-refractivity contribution in [2.24, 2.45) is 0 Å². The van der Waals surface area contributed by atoms with Crippen LogP contribution in [-0.2, 0) is 0 Å². The predicted molar refractivity (Wildman–Crippen MR) is 95.5 cm³/mol. The summed E-state index contributed by atoms with van der Waals surface area (Å²) < 4.78 is 0. The average molecular weight is 341 g/mol. The zero-order valence-electron chi connectivity index (χ0n) is 13.6. The lowest BCUT2D eigenvalue weighted by molar-refractivity contribution is 0.0707. The number of aromatic nitrogens is 1. The largest absolute Gasteiger partial charge is 0.338 e. The maximum absolute atomic E-state index is 12.9. The molecule has 3 nitrogen and oxygen atoms in total. The van der Waals surface area contributed by atoms with Crippen molar-refractivity contribution in [2.75, 3.05) is 13.1 Å². The van der Waals surface area contributed by atoms with Gasteiger partial charge in [-0.05, 0) is 55.5 Å². The van der Waals surface area contributed by atoms with E-state index in [4.69, 9.17) is 11.6 Å². The molecule has 0 bridgehead atoms. The summed E-state index contributed by atoms with van der Waals surface area (Å²) in [5, 5.41) is 0.756. The molecule has 0 N–H and O–H groups in total. The number of piperidine rings is 1. The van der Waals surface area contributed by atoms with Gasteiger partial charge in [0.15, 0.2) is 0 Å². The highest BCUT2D eigenvalue weighted by Gasteiger charge is 2.28. The van der Waals surface area contributed by atoms with Crippen LogP contribution in [0.15, 0.2) is 42.6 Å². The van der Waals surface area contributed by atoms with Gasteiger partial charge in [0.2, 0.25) is 0 Å². The lowest BCUT2D eigenvalue weighted by Gasteiger charge is -2.33. The van der Waals surface area contributed by atoms with Crippen LogP contribution in [0.3, 0.4) is 0 Å². The summed E-state index contributed by atoms with van der Waals surface area (Å²) in [7, 11) is 0. The Kier molecular flexibility index (Phi) is 4.28. The SMILES string of the molecule is O=C(c1ccnc(C2CC2)c1)N1CCC[C@H](c2ccc(Cl)cc2)C1. The molecule has 1 aliphatic carbocycles. The highest BCUT2D eigenvalue weighted by Crippen LogP contribution is 2.39. The van der Waals surface area contributed by atoms with Gasteiger partial charge in [-0.2, -0.15) is 0 Å². The van der Waals surface area contributed by atoms with Crippen molar-refractivity contribution in [1.29, 1.82) is 0 Å². The molecule has 4 rings (SSSR count). The summed E-state index contributed by atoms with van der Waals surface area (Å²) in [6, 6.07) is 11.9. The molecule has 0 spiro atoms. The minimum atomic E-state index is 0.137. The summed E-state index contributed by atoms with van der Waals surface area (Å²) in [5.74, 6) is 1.10. The lowest BCUT2D eigenvalue weighted by atomic mass is 9.90. The van der Waals surface area contributed by atoms with Crippen LogP contribution in [0.1, 0.15) is 59.1 Å². The molecule has 2 aliphatic rings. The summed E-state index contributed by atoms with van der Waals surface area (Å²) in [6.45, 7) is 1.62. The molecule has 1 aliphatic heterocycles. The van der Waals surface area contributed by atoms with Gasteiger partial charge in [0.25, 0.3) is 5.91 Å². The first-order valence-corrected chi connectivity index (χ1v) is 9.09. The Balaban J connectivity index is 1.50. The second-order valence-corrected chi connectivity index (χ2v) is 7.32. The third-order valence-corrected chi connectivity index (χ3v) is 5.33. The van der Waals surface area contributed by atoms with E-state index in [0.717, 1.165) is 42.2 Å². The van der Waals surface area contributed by atoms with Gasteiger partial charge in [0, 0.05) is 47.4 Å². The third kappa shape index (κ3) is 3.32. The number of amides is 1. The molecule has 1 atom stereocenters. The number of likely N-dealkylation sites (tertiary alicyclic amines) is 1. The third-order valence-electron chi connectivity index (χ3n) is 5.07. The number of pyridine rings is 1. The van der Waals surface area contributed by atoms with Gasteiger partial charge in [-0.1, -0.05) is 23.7 Å². The molecule has 4 heteroatoms. The first-order chi connectivity index (χ1) is 11.7. The van der Waals surface area contributed by atoms with E-state index in [1.807, 2.05) is 29.2 Å². The van der Waals surface area contributed by atoms with Gasteiger partial charge in [0.1, 0.15) is 0 Å². The summed E-state index contributed by atoms with van der Waals surface area (Å²) in [5.41, 5.74) is 3.13. The standard InChI is InChI=1S/C20H21ClN2O/c21-18-7-5-14(6-8-18)17-2-1-11-23(13-17)20(24)16-9-10-22-19(12-16)15-3-4-15/h5-10,12,15,17H,1-4,11,13H2/t17-/m0/s1. The number of halogens is 1. The first kappa shape index (κ1) is 15.6. The molecule has 0 radical (unpaired) electrons. The number of hydrogen-bond donors (Lipinski definition) is 0. The van der Waals surface area contributed by atoms with Crippen LogP contribution in [0.2, 0.25) is 5.02 Å². The molecule has 2 heterocycles. The predicted octanol–water partition coefficient (Wildman–Crippen LogP) is 4.63. The molecule has 1 saturated heterocycles. The van der Waals surface area contributed by atoms with Gasteiger partial charge >= 0.3 is 0 Å². The summed E-state index contributed by atoms with van der Waals surface area (Å²) in [4.78, 5) is 19.3. The quantitative estimate of drug-likeness (QED) is 0.816. The Bertz CT molecular complexity index is 740. The van der Waals surface area contributed by atoms with Crippen molar-refractivity contribution in [2.45, 2.75) is 37.5 Å². The Morgan fingerprint density at radius 1 is 1.08 bits per heavy atom. The van der Waals surface area contributed by atoms with E-state index in [-0.39, 0.29) is 5.91 Å². The van der Waals surface area contributed by atoms with Crippen LogP contribution in [0, 0.1) is 0 Å². The second-order valence-electron chi connectivity index (χ2n) is 6.89. The van der Waals surface area contributed by atoms with Gasteiger partial charge in [0.05, 0.1) is 0 Å². The van der Waals surface area contributed by atoms with E-state index >= 15 is 0 Å². The van der Waals surface area contributed by atoms with Crippen LogP contribution < -0.4 is 0 Å². The molecule has 1 amide bonds. The number of carbonyl (C=O) groups excluding carboxylic acids is 1. The first-order valence-electron chi connectivity index (χ1n) is 8.71. The van der Waals surface area contributed by atoms with Gasteiger partial charge in [-0.25, -0.2) is 0 Å². The smallest absolute Gasteiger partial charge is 0.253 e. The fraction of sp³-hybridized carbons (Fsp3) is 0.400. The van der Waals surface area contributed by atoms with Crippen molar-refractivity contribution in [3.8, 4) is 0 Å². The molecule has 24 heavy (non-hydrogen) atoms. The maximum Gasteiger partial charge on any atom is 0.253 e. The molecule has 1 aromatic carbocycles. The number of benzene rings is 1. The summed E-state index contributed by atoms with van der Waals surface area (Å²) >= 11 is 5.98. The van der Waals surface area contributed by atoms with Crippen LogP contribution >= 0.6 is 11.6 Å². The van der Waals surface area contributed by atoms with E-state index in [2.05, 4.69) is 17.1 Å². The highest BCUT2D eigenvalue weighted by molar-refractivity contribution is 6.30.